The highest BCUT2D eigenvalue weighted by Gasteiger charge is 2.07. The number of hydrogen-bond acceptors (Lipinski definition) is 4. The normalized spacial score (nSPS) is 12.4. The van der Waals surface area contributed by atoms with Crippen molar-refractivity contribution in [3.63, 3.8) is 0 Å². The van der Waals surface area contributed by atoms with Gasteiger partial charge in [-0.2, -0.15) is 0 Å². The summed E-state index contributed by atoms with van der Waals surface area (Å²) in [4.78, 5) is 15.8. The predicted molar refractivity (Wildman–Crippen MR) is 88.2 cm³/mol. The van der Waals surface area contributed by atoms with E-state index >= 15 is 0 Å². The minimum atomic E-state index is -3.37. The molecule has 1 amide bonds. The van der Waals surface area contributed by atoms with Crippen LogP contribution < -0.4 is 10.0 Å². The zero-order chi connectivity index (χ0) is 16.6. The minimum Gasteiger partial charge on any atom is -0.349 e. The Morgan fingerprint density at radius 1 is 1.36 bits per heavy atom. The number of hydrogen-bond donors (Lipinski definition) is 2. The van der Waals surface area contributed by atoms with Crippen LogP contribution in [0.25, 0.3) is 0 Å². The summed E-state index contributed by atoms with van der Waals surface area (Å²) in [7, 11) is -3.37. The van der Waals surface area contributed by atoms with Gasteiger partial charge in [0.25, 0.3) is 5.91 Å². The molecule has 0 unspecified atom stereocenters. The zero-order valence-corrected chi connectivity index (χ0v) is 13.8. The second kappa shape index (κ2) is 8.33. The van der Waals surface area contributed by atoms with E-state index in [0.29, 0.717) is 12.1 Å². The van der Waals surface area contributed by atoms with E-state index in [1.165, 1.54) is 23.9 Å². The van der Waals surface area contributed by atoms with Gasteiger partial charge in [0.2, 0.25) is 10.0 Å². The average Bonchev–Trinajstić information content (AvgIpc) is 2.46. The summed E-state index contributed by atoms with van der Waals surface area (Å²) in [5.74, 6) is -0.0822. The number of allylic oxidation sites excluding steroid dienone is 3. The third-order valence-electron chi connectivity index (χ3n) is 2.81. The Hall–Kier alpha value is -2.15. The maximum atomic E-state index is 11.9. The summed E-state index contributed by atoms with van der Waals surface area (Å²) < 4.78 is 24.3. The van der Waals surface area contributed by atoms with Crippen LogP contribution in [0.5, 0.6) is 0 Å². The number of anilines is 1. The standard InChI is InChI=1S/C15H21N3O3S/c1-4-12(5-2)7-6-10-16-15(19)13-8-9-14(17-11-13)18-22(3,20)21/h4,6-9,11H,5,10H2,1-3H3,(H,16,19)(H,17,18)/b7-6+,12-4+. The summed E-state index contributed by atoms with van der Waals surface area (Å²) in [6, 6.07) is 2.96. The van der Waals surface area contributed by atoms with Crippen molar-refractivity contribution in [1.29, 1.82) is 0 Å². The fourth-order valence-electron chi connectivity index (χ4n) is 1.66. The number of pyridine rings is 1. The first kappa shape index (κ1) is 17.9. The molecule has 0 aliphatic carbocycles. The Labute approximate surface area is 131 Å². The van der Waals surface area contributed by atoms with Crippen molar-refractivity contribution in [3.8, 4) is 0 Å². The molecule has 0 spiro atoms. The maximum Gasteiger partial charge on any atom is 0.253 e. The lowest BCUT2D eigenvalue weighted by Gasteiger charge is -2.05. The van der Waals surface area contributed by atoms with Crippen LogP contribution in [0.15, 0.2) is 42.1 Å². The number of amides is 1. The van der Waals surface area contributed by atoms with E-state index in [0.717, 1.165) is 12.7 Å². The van der Waals surface area contributed by atoms with Crippen LogP contribution in [-0.2, 0) is 10.0 Å². The van der Waals surface area contributed by atoms with Crippen molar-refractivity contribution in [1.82, 2.24) is 10.3 Å². The Morgan fingerprint density at radius 3 is 2.59 bits per heavy atom. The second-order valence-corrected chi connectivity index (χ2v) is 6.38. The van der Waals surface area contributed by atoms with Crippen molar-refractivity contribution in [2.45, 2.75) is 20.3 Å². The molecule has 1 aromatic heterocycles. The van der Waals surface area contributed by atoms with Gasteiger partial charge in [-0.25, -0.2) is 13.4 Å². The van der Waals surface area contributed by atoms with Crippen molar-refractivity contribution in [3.05, 3.63) is 47.7 Å². The number of carbonyl (C=O) groups excluding carboxylic acids is 1. The van der Waals surface area contributed by atoms with Crippen LogP contribution in [-0.4, -0.2) is 32.1 Å². The number of carbonyl (C=O) groups is 1. The largest absolute Gasteiger partial charge is 0.349 e. The van der Waals surface area contributed by atoms with Crippen molar-refractivity contribution >= 4 is 21.7 Å². The van der Waals surface area contributed by atoms with Gasteiger partial charge in [-0.1, -0.05) is 30.7 Å². The molecule has 1 aromatic rings. The van der Waals surface area contributed by atoms with Crippen LogP contribution in [0.3, 0.4) is 0 Å². The summed E-state index contributed by atoms with van der Waals surface area (Å²) in [5.41, 5.74) is 1.57. The average molecular weight is 323 g/mol. The van der Waals surface area contributed by atoms with Gasteiger partial charge in [-0.3, -0.25) is 9.52 Å². The van der Waals surface area contributed by atoms with Gasteiger partial charge >= 0.3 is 0 Å². The molecule has 0 saturated heterocycles. The topological polar surface area (TPSA) is 88.2 Å². The van der Waals surface area contributed by atoms with Gasteiger partial charge < -0.3 is 5.32 Å². The monoisotopic (exact) mass is 323 g/mol. The number of nitrogens with one attached hydrogen (secondary N) is 2. The second-order valence-electron chi connectivity index (χ2n) is 4.64. The predicted octanol–water partition coefficient (Wildman–Crippen LogP) is 2.10. The molecule has 0 atom stereocenters. The van der Waals surface area contributed by atoms with E-state index in [1.54, 1.807) is 0 Å². The highest BCUT2D eigenvalue weighted by molar-refractivity contribution is 7.92. The first-order chi connectivity index (χ1) is 10.4. The molecule has 0 aliphatic heterocycles. The van der Waals surface area contributed by atoms with Crippen molar-refractivity contribution < 1.29 is 13.2 Å². The van der Waals surface area contributed by atoms with Gasteiger partial charge in [0.1, 0.15) is 5.82 Å². The third kappa shape index (κ3) is 6.53. The molecule has 0 saturated carbocycles. The van der Waals surface area contributed by atoms with E-state index in [-0.39, 0.29) is 11.7 Å². The van der Waals surface area contributed by atoms with Gasteiger partial charge in [0, 0.05) is 12.7 Å². The van der Waals surface area contributed by atoms with Crippen LogP contribution in [0.4, 0.5) is 5.82 Å². The lowest BCUT2D eigenvalue weighted by atomic mass is 10.2. The highest BCUT2D eigenvalue weighted by atomic mass is 32.2. The van der Waals surface area contributed by atoms with Gasteiger partial charge in [-0.05, 0) is 25.5 Å². The highest BCUT2D eigenvalue weighted by Crippen LogP contribution is 2.06. The first-order valence-corrected chi connectivity index (χ1v) is 8.78. The molecule has 0 bridgehead atoms. The lowest BCUT2D eigenvalue weighted by molar-refractivity contribution is 0.0957. The molecule has 0 fully saturated rings. The minimum absolute atomic E-state index is 0.180. The smallest absolute Gasteiger partial charge is 0.253 e. The van der Waals surface area contributed by atoms with Crippen molar-refractivity contribution in [2.75, 3.05) is 17.5 Å². The van der Waals surface area contributed by atoms with Crippen LogP contribution in [0.2, 0.25) is 0 Å². The quantitative estimate of drug-likeness (QED) is 0.752. The molecule has 22 heavy (non-hydrogen) atoms. The van der Waals surface area contributed by atoms with E-state index in [2.05, 4.69) is 21.9 Å². The Bertz CT molecular complexity index is 662. The number of sulfonamides is 1. The van der Waals surface area contributed by atoms with E-state index in [4.69, 9.17) is 0 Å². The zero-order valence-electron chi connectivity index (χ0n) is 13.0. The van der Waals surface area contributed by atoms with E-state index < -0.39 is 10.0 Å². The van der Waals surface area contributed by atoms with Crippen LogP contribution in [0, 0.1) is 0 Å². The third-order valence-corrected chi connectivity index (χ3v) is 3.39. The number of nitrogens with zero attached hydrogens (tertiary/aromatic N) is 1. The summed E-state index contributed by atoms with van der Waals surface area (Å²) >= 11 is 0. The fraction of sp³-hybridized carbons (Fsp3) is 0.333. The first-order valence-electron chi connectivity index (χ1n) is 6.89. The number of rotatable bonds is 7. The summed E-state index contributed by atoms with van der Waals surface area (Å²) in [5, 5.41) is 2.74. The molecular formula is C15H21N3O3S. The molecule has 7 heteroatoms. The Balaban J connectivity index is 2.56. The molecule has 6 nitrogen and oxygen atoms in total. The van der Waals surface area contributed by atoms with Crippen molar-refractivity contribution in [2.24, 2.45) is 0 Å². The fourth-order valence-corrected chi connectivity index (χ4v) is 2.16. The maximum absolute atomic E-state index is 11.9. The molecular weight excluding hydrogens is 302 g/mol. The number of aromatic nitrogens is 1. The van der Waals surface area contributed by atoms with E-state index in [9.17, 15) is 13.2 Å². The Kier molecular flexibility index (Phi) is 6.78. The molecule has 120 valence electrons. The molecule has 1 rings (SSSR count). The van der Waals surface area contributed by atoms with Crippen LogP contribution in [0.1, 0.15) is 30.6 Å². The molecule has 1 heterocycles. The van der Waals surface area contributed by atoms with Crippen LogP contribution >= 0.6 is 0 Å². The summed E-state index contributed by atoms with van der Waals surface area (Å²) in [6.45, 7) is 4.45. The van der Waals surface area contributed by atoms with E-state index in [1.807, 2.05) is 25.2 Å². The van der Waals surface area contributed by atoms with Gasteiger partial charge in [-0.15, -0.1) is 0 Å². The molecule has 2 N–H and O–H groups in total. The lowest BCUT2D eigenvalue weighted by Crippen LogP contribution is -2.23. The van der Waals surface area contributed by atoms with Gasteiger partial charge in [0.15, 0.2) is 0 Å². The summed E-state index contributed by atoms with van der Waals surface area (Å²) in [6.07, 6.45) is 9.18. The SMILES string of the molecule is C/C=C(/C=C/CNC(=O)c1ccc(NS(C)(=O)=O)nc1)CC. The van der Waals surface area contributed by atoms with Gasteiger partial charge in [0.05, 0.1) is 11.8 Å². The Morgan fingerprint density at radius 2 is 2.09 bits per heavy atom. The molecule has 0 radical (unpaired) electrons. The molecule has 0 aliphatic rings. The molecule has 0 aromatic carbocycles.